The average molecular weight is 311 g/mol. The maximum absolute atomic E-state index is 12.7. The number of hydrogen-bond acceptors (Lipinski definition) is 3. The van der Waals surface area contributed by atoms with Gasteiger partial charge in [0.15, 0.2) is 5.82 Å². The van der Waals surface area contributed by atoms with Crippen LogP contribution >= 0.6 is 0 Å². The van der Waals surface area contributed by atoms with Gasteiger partial charge in [0, 0.05) is 23.4 Å². The zero-order valence-corrected chi connectivity index (χ0v) is 11.7. The summed E-state index contributed by atoms with van der Waals surface area (Å²) in [5.74, 6) is 0.690. The molecule has 22 heavy (non-hydrogen) atoms. The summed E-state index contributed by atoms with van der Waals surface area (Å²) >= 11 is 0. The van der Waals surface area contributed by atoms with Crippen LogP contribution in [-0.2, 0) is 6.18 Å². The van der Waals surface area contributed by atoms with Crippen LogP contribution in [0.1, 0.15) is 36.4 Å². The molecule has 1 aliphatic carbocycles. The lowest BCUT2D eigenvalue weighted by Gasteiger charge is -2.09. The molecule has 0 radical (unpaired) electrons. The number of rotatable bonds is 3. The van der Waals surface area contributed by atoms with Gasteiger partial charge in [-0.3, -0.25) is 5.10 Å². The van der Waals surface area contributed by atoms with Gasteiger partial charge in [-0.1, -0.05) is 6.07 Å². The number of nitrogens with zero attached hydrogens (tertiary/aromatic N) is 1. The van der Waals surface area contributed by atoms with E-state index in [0.29, 0.717) is 17.9 Å². The summed E-state index contributed by atoms with van der Waals surface area (Å²) in [5.41, 5.74) is 0.525. The largest absolute Gasteiger partial charge is 0.416 e. The van der Waals surface area contributed by atoms with Gasteiger partial charge in [0.1, 0.15) is 0 Å². The predicted octanol–water partition coefficient (Wildman–Crippen LogP) is 3.80. The molecular formula is C15H16F3N3O. The van der Waals surface area contributed by atoms with Crippen LogP contribution in [0.15, 0.2) is 30.3 Å². The Morgan fingerprint density at radius 1 is 1.23 bits per heavy atom. The molecule has 1 fully saturated rings. The zero-order chi connectivity index (χ0) is 15.7. The maximum atomic E-state index is 12.7. The molecule has 7 heteroatoms. The molecule has 1 aromatic carbocycles. The third kappa shape index (κ3) is 3.24. The normalized spacial score (nSPS) is 22.0. The number of aliphatic hydroxyl groups excluding tert-OH is 1. The molecule has 0 aliphatic heterocycles. The molecule has 0 amide bonds. The molecule has 0 bridgehead atoms. The van der Waals surface area contributed by atoms with E-state index < -0.39 is 11.7 Å². The third-order valence-corrected chi connectivity index (χ3v) is 3.90. The van der Waals surface area contributed by atoms with E-state index in [1.807, 2.05) is 0 Å². The molecule has 4 nitrogen and oxygen atoms in total. The highest BCUT2D eigenvalue weighted by Crippen LogP contribution is 2.35. The molecule has 1 saturated carbocycles. The number of alkyl halides is 3. The first-order valence-corrected chi connectivity index (χ1v) is 7.09. The third-order valence-electron chi connectivity index (χ3n) is 3.90. The van der Waals surface area contributed by atoms with Crippen molar-refractivity contribution in [3.8, 4) is 0 Å². The highest BCUT2D eigenvalue weighted by Gasteiger charge is 2.30. The van der Waals surface area contributed by atoms with Gasteiger partial charge in [-0.25, -0.2) is 0 Å². The fraction of sp³-hybridized carbons (Fsp3) is 0.400. The summed E-state index contributed by atoms with van der Waals surface area (Å²) in [6.45, 7) is 0. The predicted molar refractivity (Wildman–Crippen MR) is 75.9 cm³/mol. The molecule has 118 valence electrons. The van der Waals surface area contributed by atoms with Crippen molar-refractivity contribution in [3.63, 3.8) is 0 Å². The summed E-state index contributed by atoms with van der Waals surface area (Å²) in [6.07, 6.45) is -2.32. The number of aliphatic hydroxyl groups is 1. The molecule has 1 aliphatic rings. The van der Waals surface area contributed by atoms with Crippen molar-refractivity contribution in [1.82, 2.24) is 10.2 Å². The van der Waals surface area contributed by atoms with E-state index in [-0.39, 0.29) is 12.0 Å². The Bertz CT molecular complexity index is 653. The molecule has 1 heterocycles. The molecule has 2 atom stereocenters. The SMILES string of the molecule is OC1CCC(c2cc(Nc3cccc(C(F)(F)F)c3)n[nH]2)C1. The van der Waals surface area contributed by atoms with Crippen molar-refractivity contribution < 1.29 is 18.3 Å². The molecule has 1 aromatic heterocycles. The molecule has 3 N–H and O–H groups in total. The average Bonchev–Trinajstić information content (AvgIpc) is 3.07. The molecule has 2 aromatic rings. The van der Waals surface area contributed by atoms with Gasteiger partial charge in [-0.15, -0.1) is 0 Å². The lowest BCUT2D eigenvalue weighted by Crippen LogP contribution is -2.05. The monoisotopic (exact) mass is 311 g/mol. The number of halogens is 3. The van der Waals surface area contributed by atoms with Crippen LogP contribution in [0.2, 0.25) is 0 Å². The van der Waals surface area contributed by atoms with Crippen molar-refractivity contribution in [2.75, 3.05) is 5.32 Å². The Kier molecular flexibility index (Phi) is 3.82. The van der Waals surface area contributed by atoms with E-state index >= 15 is 0 Å². The van der Waals surface area contributed by atoms with Crippen LogP contribution in [0.25, 0.3) is 0 Å². The molecular weight excluding hydrogens is 295 g/mol. The number of benzene rings is 1. The summed E-state index contributed by atoms with van der Waals surface area (Å²) < 4.78 is 38.0. The minimum atomic E-state index is -4.37. The summed E-state index contributed by atoms with van der Waals surface area (Å²) in [4.78, 5) is 0. The Morgan fingerprint density at radius 3 is 2.73 bits per heavy atom. The van der Waals surface area contributed by atoms with E-state index in [4.69, 9.17) is 0 Å². The second kappa shape index (κ2) is 5.64. The van der Waals surface area contributed by atoms with Gasteiger partial charge in [-0.05, 0) is 37.5 Å². The number of H-pyrrole nitrogens is 1. The summed E-state index contributed by atoms with van der Waals surface area (Å²) in [5, 5.41) is 19.4. The van der Waals surface area contributed by atoms with E-state index in [1.165, 1.54) is 6.07 Å². The fourth-order valence-electron chi connectivity index (χ4n) is 2.77. The molecule has 0 spiro atoms. The first-order chi connectivity index (χ1) is 10.4. The standard InChI is InChI=1S/C15H16F3N3O/c16-15(17,18)10-2-1-3-11(7-10)19-14-8-13(20-21-14)9-4-5-12(22)6-9/h1-3,7-9,12,22H,4-6H2,(H2,19,20,21). The Labute approximate surface area is 125 Å². The Morgan fingerprint density at radius 2 is 2.05 bits per heavy atom. The lowest BCUT2D eigenvalue weighted by atomic mass is 10.0. The van der Waals surface area contributed by atoms with Crippen molar-refractivity contribution in [2.45, 2.75) is 37.5 Å². The second-order valence-electron chi connectivity index (χ2n) is 5.58. The van der Waals surface area contributed by atoms with Gasteiger partial charge in [0.25, 0.3) is 0 Å². The first kappa shape index (κ1) is 14.9. The lowest BCUT2D eigenvalue weighted by molar-refractivity contribution is -0.137. The summed E-state index contributed by atoms with van der Waals surface area (Å²) in [7, 11) is 0. The highest BCUT2D eigenvalue weighted by atomic mass is 19.4. The smallest absolute Gasteiger partial charge is 0.393 e. The first-order valence-electron chi connectivity index (χ1n) is 7.09. The highest BCUT2D eigenvalue weighted by molar-refractivity contribution is 5.57. The van der Waals surface area contributed by atoms with Crippen molar-refractivity contribution in [2.24, 2.45) is 0 Å². The number of nitrogens with one attached hydrogen (secondary N) is 2. The summed E-state index contributed by atoms with van der Waals surface area (Å²) in [6, 6.07) is 6.77. The van der Waals surface area contributed by atoms with Crippen molar-refractivity contribution in [1.29, 1.82) is 0 Å². The second-order valence-corrected chi connectivity index (χ2v) is 5.58. The van der Waals surface area contributed by atoms with Gasteiger partial charge < -0.3 is 10.4 Å². The van der Waals surface area contributed by atoms with E-state index in [2.05, 4.69) is 15.5 Å². The molecule has 3 rings (SSSR count). The van der Waals surface area contributed by atoms with Crippen LogP contribution in [0.4, 0.5) is 24.7 Å². The van der Waals surface area contributed by atoms with Gasteiger partial charge in [0.05, 0.1) is 11.7 Å². The van der Waals surface area contributed by atoms with Gasteiger partial charge >= 0.3 is 6.18 Å². The topological polar surface area (TPSA) is 60.9 Å². The Balaban J connectivity index is 1.73. The van der Waals surface area contributed by atoms with Gasteiger partial charge in [0.2, 0.25) is 0 Å². The van der Waals surface area contributed by atoms with Gasteiger partial charge in [-0.2, -0.15) is 18.3 Å². The van der Waals surface area contributed by atoms with Crippen LogP contribution in [-0.4, -0.2) is 21.4 Å². The van der Waals surface area contributed by atoms with Crippen LogP contribution < -0.4 is 5.32 Å². The Hall–Kier alpha value is -2.02. The fourth-order valence-corrected chi connectivity index (χ4v) is 2.77. The molecule has 0 saturated heterocycles. The van der Waals surface area contributed by atoms with Crippen LogP contribution in [0.3, 0.4) is 0 Å². The quantitative estimate of drug-likeness (QED) is 0.808. The number of aromatic amines is 1. The van der Waals surface area contributed by atoms with Crippen molar-refractivity contribution >= 4 is 11.5 Å². The van der Waals surface area contributed by atoms with E-state index in [1.54, 1.807) is 12.1 Å². The van der Waals surface area contributed by atoms with E-state index in [0.717, 1.165) is 30.7 Å². The van der Waals surface area contributed by atoms with E-state index in [9.17, 15) is 18.3 Å². The van der Waals surface area contributed by atoms with Crippen molar-refractivity contribution in [3.05, 3.63) is 41.6 Å². The number of hydrogen-bond donors (Lipinski definition) is 3. The number of anilines is 2. The van der Waals surface area contributed by atoms with Crippen LogP contribution in [0, 0.1) is 0 Å². The van der Waals surface area contributed by atoms with Crippen LogP contribution in [0.5, 0.6) is 0 Å². The minimum absolute atomic E-state index is 0.222. The maximum Gasteiger partial charge on any atom is 0.416 e. The zero-order valence-electron chi connectivity index (χ0n) is 11.7. The minimum Gasteiger partial charge on any atom is -0.393 e. The molecule has 2 unspecified atom stereocenters. The number of aromatic nitrogens is 2.